The number of hydrogen-bond donors (Lipinski definition) is 2. The van der Waals surface area contributed by atoms with Crippen LogP contribution in [0.1, 0.15) is 21.7 Å². The van der Waals surface area contributed by atoms with Crippen LogP contribution in [0.3, 0.4) is 0 Å². The molecule has 0 radical (unpaired) electrons. The molecule has 0 saturated carbocycles. The van der Waals surface area contributed by atoms with E-state index in [0.29, 0.717) is 36.6 Å². The van der Waals surface area contributed by atoms with Crippen molar-refractivity contribution < 1.29 is 14.3 Å². The van der Waals surface area contributed by atoms with Gasteiger partial charge in [0.1, 0.15) is 6.61 Å². The maximum Gasteiger partial charge on any atom is 0.287 e. The van der Waals surface area contributed by atoms with Gasteiger partial charge in [0.05, 0.1) is 24.1 Å². The predicted molar refractivity (Wildman–Crippen MR) is 119 cm³/mol. The van der Waals surface area contributed by atoms with E-state index in [0.717, 1.165) is 11.1 Å². The molecule has 0 saturated heterocycles. The minimum Gasteiger partial charge on any atom is -0.475 e. The number of amides is 1. The van der Waals surface area contributed by atoms with Crippen molar-refractivity contribution in [1.29, 1.82) is 0 Å². The lowest BCUT2D eigenvalue weighted by atomic mass is 10.2. The minimum absolute atomic E-state index is 0.0326. The third-order valence-electron chi connectivity index (χ3n) is 4.67. The van der Waals surface area contributed by atoms with Gasteiger partial charge in [-0.25, -0.2) is 9.97 Å². The maximum atomic E-state index is 12.5. The number of aromatic nitrogens is 3. The molecule has 0 bridgehead atoms. The quantitative estimate of drug-likeness (QED) is 0.396. The molecule has 2 aromatic carbocycles. The highest BCUT2D eigenvalue weighted by Gasteiger charge is 2.11. The Labute approximate surface area is 184 Å². The van der Waals surface area contributed by atoms with Gasteiger partial charge in [-0.3, -0.25) is 9.59 Å². The first-order valence-electron chi connectivity index (χ1n) is 10.2. The van der Waals surface area contributed by atoms with Crippen LogP contribution in [0.5, 0.6) is 5.88 Å². The van der Waals surface area contributed by atoms with Gasteiger partial charge in [0.15, 0.2) is 5.82 Å². The number of para-hydroxylation sites is 1. The highest BCUT2D eigenvalue weighted by atomic mass is 16.5. The van der Waals surface area contributed by atoms with Crippen LogP contribution in [0.2, 0.25) is 0 Å². The Morgan fingerprint density at radius 3 is 2.66 bits per heavy atom. The average Bonchev–Trinajstić information content (AvgIpc) is 2.83. The van der Waals surface area contributed by atoms with E-state index in [9.17, 15) is 9.59 Å². The van der Waals surface area contributed by atoms with E-state index < -0.39 is 5.91 Å². The van der Waals surface area contributed by atoms with E-state index in [1.807, 2.05) is 30.3 Å². The van der Waals surface area contributed by atoms with E-state index >= 15 is 0 Å². The van der Waals surface area contributed by atoms with Crippen LogP contribution in [0.25, 0.3) is 10.9 Å². The third kappa shape index (κ3) is 5.55. The lowest BCUT2D eigenvalue weighted by molar-refractivity contribution is 0.0874. The molecular formula is C24H22N4O4. The van der Waals surface area contributed by atoms with Gasteiger partial charge < -0.3 is 19.8 Å². The van der Waals surface area contributed by atoms with Gasteiger partial charge >= 0.3 is 0 Å². The highest BCUT2D eigenvalue weighted by Crippen LogP contribution is 2.10. The lowest BCUT2D eigenvalue weighted by Gasteiger charge is -2.09. The second-order valence-corrected chi connectivity index (χ2v) is 7.00. The fourth-order valence-electron chi connectivity index (χ4n) is 3.07. The van der Waals surface area contributed by atoms with E-state index in [2.05, 4.69) is 20.3 Å². The number of benzene rings is 2. The molecule has 0 spiro atoms. The molecule has 32 heavy (non-hydrogen) atoms. The van der Waals surface area contributed by atoms with Crippen LogP contribution in [0, 0.1) is 0 Å². The van der Waals surface area contributed by atoms with Crippen molar-refractivity contribution in [2.45, 2.75) is 13.2 Å². The molecule has 4 aromatic rings. The summed E-state index contributed by atoms with van der Waals surface area (Å²) in [6.07, 6.45) is 1.61. The number of fused-ring (bicyclic) bond motifs is 1. The molecule has 0 aliphatic carbocycles. The Morgan fingerprint density at radius 2 is 1.78 bits per heavy atom. The molecule has 2 N–H and O–H groups in total. The van der Waals surface area contributed by atoms with Gasteiger partial charge in [-0.05, 0) is 29.3 Å². The van der Waals surface area contributed by atoms with E-state index in [1.165, 1.54) is 0 Å². The molecule has 0 aliphatic rings. The molecule has 0 unspecified atom stereocenters. The number of carbonyl (C=O) groups excluding carboxylic acids is 1. The number of pyridine rings is 1. The van der Waals surface area contributed by atoms with Crippen molar-refractivity contribution in [2.24, 2.45) is 0 Å². The first kappa shape index (κ1) is 21.2. The molecule has 4 rings (SSSR count). The number of rotatable bonds is 9. The van der Waals surface area contributed by atoms with Crippen LogP contribution in [-0.4, -0.2) is 34.1 Å². The molecule has 0 atom stereocenters. The maximum absolute atomic E-state index is 12.5. The monoisotopic (exact) mass is 430 g/mol. The van der Waals surface area contributed by atoms with Gasteiger partial charge in [0.25, 0.3) is 11.5 Å². The Balaban J connectivity index is 1.27. The minimum atomic E-state index is -0.471. The summed E-state index contributed by atoms with van der Waals surface area (Å²) < 4.78 is 11.2. The topological polar surface area (TPSA) is 106 Å². The first-order valence-corrected chi connectivity index (χ1v) is 10.2. The second kappa shape index (κ2) is 10.3. The van der Waals surface area contributed by atoms with Crippen LogP contribution in [0.4, 0.5) is 0 Å². The summed E-state index contributed by atoms with van der Waals surface area (Å²) in [5.41, 5.74) is 2.02. The average molecular weight is 430 g/mol. The van der Waals surface area contributed by atoms with Gasteiger partial charge in [-0.15, -0.1) is 0 Å². The summed E-state index contributed by atoms with van der Waals surface area (Å²) in [6.45, 7) is 1.55. The summed E-state index contributed by atoms with van der Waals surface area (Å²) in [5, 5.41) is 3.19. The molecule has 162 valence electrons. The molecule has 8 nitrogen and oxygen atoms in total. The zero-order valence-electron chi connectivity index (χ0n) is 17.3. The summed E-state index contributed by atoms with van der Waals surface area (Å²) in [4.78, 5) is 35.5. The Kier molecular flexibility index (Phi) is 6.84. The normalized spacial score (nSPS) is 10.8. The number of H-pyrrole nitrogens is 1. The van der Waals surface area contributed by atoms with Crippen molar-refractivity contribution in [2.75, 3.05) is 13.2 Å². The molecule has 2 aromatic heterocycles. The Bertz CT molecular complexity index is 1260. The van der Waals surface area contributed by atoms with Crippen LogP contribution in [-0.2, 0) is 17.9 Å². The standard InChI is InChI=1S/C24H22N4O4/c29-23-19-8-4-5-9-20(19)27-22(28-23)24(30)26-15-18-10-11-25-21(14-18)32-13-12-31-16-17-6-2-1-3-7-17/h1-11,14H,12-13,15-16H2,(H,26,30)(H,27,28,29). The molecule has 2 heterocycles. The Hall–Kier alpha value is -4.04. The molecule has 0 fully saturated rings. The Morgan fingerprint density at radius 1 is 0.969 bits per heavy atom. The number of aromatic amines is 1. The number of nitrogens with zero attached hydrogens (tertiary/aromatic N) is 2. The zero-order chi connectivity index (χ0) is 22.2. The third-order valence-corrected chi connectivity index (χ3v) is 4.67. The largest absolute Gasteiger partial charge is 0.475 e. The molecule has 8 heteroatoms. The number of hydrogen-bond acceptors (Lipinski definition) is 6. The smallest absolute Gasteiger partial charge is 0.287 e. The first-order chi connectivity index (χ1) is 15.7. The van der Waals surface area contributed by atoms with E-state index in [4.69, 9.17) is 9.47 Å². The van der Waals surface area contributed by atoms with Gasteiger partial charge in [0.2, 0.25) is 5.88 Å². The summed E-state index contributed by atoms with van der Waals surface area (Å²) in [7, 11) is 0. The van der Waals surface area contributed by atoms with Crippen molar-refractivity contribution >= 4 is 16.8 Å². The van der Waals surface area contributed by atoms with Gasteiger partial charge in [-0.2, -0.15) is 0 Å². The van der Waals surface area contributed by atoms with E-state index in [-0.39, 0.29) is 17.9 Å². The zero-order valence-corrected chi connectivity index (χ0v) is 17.3. The number of nitrogens with one attached hydrogen (secondary N) is 2. The SMILES string of the molecule is O=C(NCc1ccnc(OCCOCc2ccccc2)c1)c1nc2ccccc2c(=O)[nH]1. The van der Waals surface area contributed by atoms with Gasteiger partial charge in [-0.1, -0.05) is 42.5 Å². The van der Waals surface area contributed by atoms with E-state index in [1.54, 1.807) is 42.6 Å². The summed E-state index contributed by atoms with van der Waals surface area (Å²) >= 11 is 0. The summed E-state index contributed by atoms with van der Waals surface area (Å²) in [6, 6.07) is 20.3. The van der Waals surface area contributed by atoms with Crippen molar-refractivity contribution in [3.05, 3.63) is 100 Å². The second-order valence-electron chi connectivity index (χ2n) is 7.00. The number of carbonyl (C=O) groups is 1. The lowest BCUT2D eigenvalue weighted by Crippen LogP contribution is -2.27. The van der Waals surface area contributed by atoms with Gasteiger partial charge in [0, 0.05) is 18.8 Å². The molecular weight excluding hydrogens is 408 g/mol. The molecule has 1 amide bonds. The highest BCUT2D eigenvalue weighted by molar-refractivity contribution is 5.92. The van der Waals surface area contributed by atoms with Crippen molar-refractivity contribution in [3.8, 4) is 5.88 Å². The van der Waals surface area contributed by atoms with Crippen LogP contribution >= 0.6 is 0 Å². The van der Waals surface area contributed by atoms with Crippen molar-refractivity contribution in [1.82, 2.24) is 20.3 Å². The molecule has 0 aliphatic heterocycles. The summed E-state index contributed by atoms with van der Waals surface area (Å²) in [5.74, 6) is -0.0615. The van der Waals surface area contributed by atoms with Crippen LogP contribution in [0.15, 0.2) is 77.7 Å². The van der Waals surface area contributed by atoms with Crippen molar-refractivity contribution in [3.63, 3.8) is 0 Å². The fourth-order valence-corrected chi connectivity index (χ4v) is 3.07. The fraction of sp³-hybridized carbons (Fsp3) is 0.167. The number of ether oxygens (including phenoxy) is 2. The predicted octanol–water partition coefficient (Wildman–Crippen LogP) is 2.84. The van der Waals surface area contributed by atoms with Crippen LogP contribution < -0.4 is 15.6 Å².